The monoisotopic (exact) mass is 427 g/mol. The highest BCUT2D eigenvalue weighted by molar-refractivity contribution is 6.31. The maximum Gasteiger partial charge on any atom is 0.157 e. The van der Waals surface area contributed by atoms with E-state index in [0.29, 0.717) is 6.42 Å². The zero-order chi connectivity index (χ0) is 21.4. The third kappa shape index (κ3) is 3.59. The summed E-state index contributed by atoms with van der Waals surface area (Å²) in [7, 11) is 0. The minimum Gasteiger partial charge on any atom is -0.364 e. The van der Waals surface area contributed by atoms with Crippen molar-refractivity contribution in [3.8, 4) is 11.1 Å². The van der Waals surface area contributed by atoms with Gasteiger partial charge in [0.1, 0.15) is 0 Å². The van der Waals surface area contributed by atoms with Crippen molar-refractivity contribution in [3.63, 3.8) is 0 Å². The van der Waals surface area contributed by atoms with Gasteiger partial charge in [0.2, 0.25) is 0 Å². The summed E-state index contributed by atoms with van der Waals surface area (Å²) in [5.41, 5.74) is 6.30. The van der Waals surface area contributed by atoms with E-state index >= 15 is 0 Å². The van der Waals surface area contributed by atoms with Crippen molar-refractivity contribution < 1.29 is 4.79 Å². The van der Waals surface area contributed by atoms with Gasteiger partial charge in [0.15, 0.2) is 5.78 Å². The number of ketones is 1. The van der Waals surface area contributed by atoms with Crippen LogP contribution in [0.5, 0.6) is 0 Å². The van der Waals surface area contributed by atoms with E-state index in [9.17, 15) is 4.79 Å². The summed E-state index contributed by atoms with van der Waals surface area (Å²) in [6.45, 7) is 1.97. The third-order valence-electron chi connectivity index (χ3n) is 6.64. The van der Waals surface area contributed by atoms with E-state index in [1.165, 1.54) is 32.7 Å². The molecule has 2 aliphatic carbocycles. The van der Waals surface area contributed by atoms with Gasteiger partial charge in [0.25, 0.3) is 0 Å². The smallest absolute Gasteiger partial charge is 0.157 e. The minimum atomic E-state index is -0.441. The molecule has 3 aliphatic rings. The molecule has 0 amide bonds. The maximum atomic E-state index is 13.2. The molecule has 0 fully saturated rings. The van der Waals surface area contributed by atoms with Gasteiger partial charge in [-0.1, -0.05) is 67.6 Å². The zero-order valence-corrected chi connectivity index (χ0v) is 18.4. The van der Waals surface area contributed by atoms with E-state index in [4.69, 9.17) is 11.6 Å². The average Bonchev–Trinajstić information content (AvgIpc) is 3.11. The molecule has 1 N–H and O–H groups in total. The minimum absolute atomic E-state index is 0.123. The fourth-order valence-corrected chi connectivity index (χ4v) is 5.20. The Kier molecular flexibility index (Phi) is 5.41. The number of nitrogens with one attached hydrogen (secondary N) is 1. The summed E-state index contributed by atoms with van der Waals surface area (Å²) in [4.78, 5) is 13.2. The maximum absolute atomic E-state index is 13.2. The van der Waals surface area contributed by atoms with Crippen LogP contribution in [0.4, 0.5) is 0 Å². The van der Waals surface area contributed by atoms with Crippen LogP contribution in [0.2, 0.25) is 0 Å². The van der Waals surface area contributed by atoms with Gasteiger partial charge >= 0.3 is 0 Å². The molecular weight excluding hydrogens is 402 g/mol. The predicted octanol–water partition coefficient (Wildman–Crippen LogP) is 4.72. The lowest BCUT2D eigenvalue weighted by Crippen LogP contribution is -2.40. The van der Waals surface area contributed by atoms with Crippen LogP contribution in [-0.4, -0.2) is 11.2 Å². The van der Waals surface area contributed by atoms with Crippen LogP contribution in [0.25, 0.3) is 23.3 Å². The van der Waals surface area contributed by atoms with E-state index < -0.39 is 5.38 Å². The lowest BCUT2D eigenvalue weighted by atomic mass is 9.76. The number of hydrogen-bond acceptors (Lipinski definition) is 2. The lowest BCUT2D eigenvalue weighted by molar-refractivity contribution is -0.121. The largest absolute Gasteiger partial charge is 0.364 e. The summed E-state index contributed by atoms with van der Waals surface area (Å²) in [6.07, 6.45) is 17.0. The van der Waals surface area contributed by atoms with E-state index in [1.54, 1.807) is 0 Å². The molecule has 2 nitrogen and oxygen atoms in total. The number of hydrogen-bond donors (Lipinski definition) is 1. The molecule has 0 radical (unpaired) electrons. The highest BCUT2D eigenvalue weighted by atomic mass is 35.5. The molecule has 3 heteroatoms. The molecular formula is C28H26ClNO. The number of carbonyl (C=O) groups excluding carboxylic acids is 1. The summed E-state index contributed by atoms with van der Waals surface area (Å²) in [6, 6.07) is 13.1. The van der Waals surface area contributed by atoms with Gasteiger partial charge in [-0.3, -0.25) is 4.79 Å². The topological polar surface area (TPSA) is 29.1 Å². The van der Waals surface area contributed by atoms with Crippen LogP contribution in [-0.2, 0) is 11.2 Å². The molecule has 31 heavy (non-hydrogen) atoms. The molecule has 0 saturated carbocycles. The number of benzene rings is 2. The molecule has 0 spiro atoms. The Morgan fingerprint density at radius 1 is 1.10 bits per heavy atom. The van der Waals surface area contributed by atoms with Crippen LogP contribution in [0.1, 0.15) is 36.8 Å². The van der Waals surface area contributed by atoms with Crippen molar-refractivity contribution in [3.05, 3.63) is 94.2 Å². The molecule has 2 aromatic carbocycles. The Balaban J connectivity index is 1.71. The number of alkyl halides is 1. The van der Waals surface area contributed by atoms with Crippen LogP contribution in [0.15, 0.2) is 72.6 Å². The first-order chi connectivity index (χ1) is 15.2. The van der Waals surface area contributed by atoms with E-state index in [-0.39, 0.29) is 17.6 Å². The van der Waals surface area contributed by atoms with E-state index in [1.807, 2.05) is 25.3 Å². The third-order valence-corrected chi connectivity index (χ3v) is 7.16. The SMILES string of the molecule is CCC(Cl)C(=O)C1C=c2c(ccc3c2=CCc2ccccc2-3)C(C2=CC=CC=CN2)C1. The van der Waals surface area contributed by atoms with Gasteiger partial charge in [-0.2, -0.15) is 0 Å². The second-order valence-electron chi connectivity index (χ2n) is 8.45. The second kappa shape index (κ2) is 8.36. The van der Waals surface area contributed by atoms with Gasteiger partial charge in [-0.25, -0.2) is 0 Å². The molecule has 5 rings (SSSR count). The molecule has 156 valence electrons. The van der Waals surface area contributed by atoms with Gasteiger partial charge in [0, 0.05) is 23.7 Å². The van der Waals surface area contributed by atoms with Gasteiger partial charge < -0.3 is 5.32 Å². The van der Waals surface area contributed by atoms with Crippen molar-refractivity contribution in [2.24, 2.45) is 5.92 Å². The molecule has 3 atom stereocenters. The number of allylic oxidation sites excluding steroid dienone is 5. The highest BCUT2D eigenvalue weighted by Crippen LogP contribution is 2.35. The first-order valence-electron chi connectivity index (χ1n) is 11.1. The lowest BCUT2D eigenvalue weighted by Gasteiger charge is -2.30. The quantitative estimate of drug-likeness (QED) is 0.715. The molecule has 1 heterocycles. The Bertz CT molecular complexity index is 1250. The first-order valence-corrected chi connectivity index (χ1v) is 11.5. The van der Waals surface area contributed by atoms with Crippen molar-refractivity contribution in [1.29, 1.82) is 0 Å². The predicted molar refractivity (Wildman–Crippen MR) is 129 cm³/mol. The standard InChI is InChI=1S/C28H26ClNO/c1-2-26(29)28(31)19-16-24-22-12-11-18-8-5-6-9-20(18)21(22)13-14-23(24)25(17-19)27-10-4-3-7-15-30-27/h3-10,12-16,19,25-26,30H,2,11,17H2,1H3. The van der Waals surface area contributed by atoms with Crippen LogP contribution in [0, 0.1) is 5.92 Å². The van der Waals surface area contributed by atoms with Gasteiger partial charge in [0.05, 0.1) is 5.38 Å². The summed E-state index contributed by atoms with van der Waals surface area (Å²) < 4.78 is 0. The van der Waals surface area contributed by atoms with E-state index in [0.717, 1.165) is 18.5 Å². The van der Waals surface area contributed by atoms with Crippen molar-refractivity contribution in [1.82, 2.24) is 5.32 Å². The van der Waals surface area contributed by atoms with Crippen molar-refractivity contribution >= 4 is 29.5 Å². The highest BCUT2D eigenvalue weighted by Gasteiger charge is 2.32. The van der Waals surface area contributed by atoms with Crippen LogP contribution >= 0.6 is 11.6 Å². The molecule has 3 unspecified atom stereocenters. The number of fused-ring (bicyclic) bond motifs is 5. The fourth-order valence-electron chi connectivity index (χ4n) is 5.04. The number of halogens is 1. The fraction of sp³-hybridized carbons (Fsp3) is 0.250. The van der Waals surface area contributed by atoms with Crippen LogP contribution in [0.3, 0.4) is 0 Å². The zero-order valence-electron chi connectivity index (χ0n) is 17.6. The first kappa shape index (κ1) is 20.1. The van der Waals surface area contributed by atoms with Gasteiger partial charge in [-0.15, -0.1) is 11.6 Å². The van der Waals surface area contributed by atoms with Crippen LogP contribution < -0.4 is 15.8 Å². The number of rotatable bonds is 4. The summed E-state index contributed by atoms with van der Waals surface area (Å²) in [5.74, 6) is 0.0720. The number of Topliss-reactive ketones (excluding diaryl/α,β-unsaturated/α-hetero) is 1. The molecule has 0 bridgehead atoms. The number of carbonyl (C=O) groups is 1. The summed E-state index contributed by atoms with van der Waals surface area (Å²) in [5, 5.41) is 5.45. The molecule has 0 saturated heterocycles. The molecule has 0 aromatic heterocycles. The van der Waals surface area contributed by atoms with Crippen molar-refractivity contribution in [2.45, 2.75) is 37.5 Å². The summed E-state index contributed by atoms with van der Waals surface area (Å²) >= 11 is 6.42. The molecule has 2 aromatic rings. The molecule has 1 aliphatic heterocycles. The van der Waals surface area contributed by atoms with E-state index in [2.05, 4.69) is 66.0 Å². The Morgan fingerprint density at radius 3 is 2.84 bits per heavy atom. The average molecular weight is 428 g/mol. The Morgan fingerprint density at radius 2 is 1.97 bits per heavy atom. The second-order valence-corrected chi connectivity index (χ2v) is 8.97. The van der Waals surface area contributed by atoms with Gasteiger partial charge in [-0.05, 0) is 64.1 Å². The van der Waals surface area contributed by atoms with Crippen molar-refractivity contribution in [2.75, 3.05) is 0 Å². The normalized spacial score (nSPS) is 21.8. The Hall–Kier alpha value is -2.84. The Labute approximate surface area is 188 Å².